The van der Waals surface area contributed by atoms with E-state index in [1.807, 2.05) is 89.8 Å². The molecule has 0 atom stereocenters. The first-order valence-corrected chi connectivity index (χ1v) is 9.48. The summed E-state index contributed by atoms with van der Waals surface area (Å²) in [5.74, 6) is 0.564. The largest absolute Gasteiger partial charge is 0.307 e. The number of hydrazone groups is 1. The molecule has 2 aromatic carbocycles. The Balaban J connectivity index is 1.77. The molecule has 4 aromatic rings. The summed E-state index contributed by atoms with van der Waals surface area (Å²) in [6.45, 7) is 0. The van der Waals surface area contributed by atoms with Crippen molar-refractivity contribution in [3.05, 3.63) is 103 Å². The zero-order valence-electron chi connectivity index (χ0n) is 16.4. The van der Waals surface area contributed by atoms with Gasteiger partial charge in [-0.05, 0) is 42.5 Å². The molecule has 0 aliphatic heterocycles. The van der Waals surface area contributed by atoms with Crippen molar-refractivity contribution >= 4 is 17.5 Å². The van der Waals surface area contributed by atoms with Gasteiger partial charge in [0.25, 0.3) is 0 Å². The Labute approximate surface area is 179 Å². The molecular weight excluding hydrogens is 386 g/mol. The molecule has 0 unspecified atom stereocenters. The van der Waals surface area contributed by atoms with E-state index < -0.39 is 0 Å². The molecule has 7 heteroatoms. The number of para-hydroxylation sites is 2. The van der Waals surface area contributed by atoms with Gasteiger partial charge in [-0.1, -0.05) is 36.4 Å². The van der Waals surface area contributed by atoms with Crippen LogP contribution in [0.4, 0.5) is 5.69 Å². The number of allylic oxidation sites excluding steroid dienone is 2. The summed E-state index contributed by atoms with van der Waals surface area (Å²) in [5.41, 5.74) is 5.33. The Morgan fingerprint density at radius 1 is 0.935 bits per heavy atom. The number of rotatable bonds is 6. The van der Waals surface area contributed by atoms with E-state index in [0.29, 0.717) is 17.1 Å². The predicted molar refractivity (Wildman–Crippen MR) is 120 cm³/mol. The van der Waals surface area contributed by atoms with Gasteiger partial charge in [-0.25, -0.2) is 4.68 Å². The topological polar surface area (TPSA) is 94.7 Å². The Bertz CT molecular complexity index is 1300. The summed E-state index contributed by atoms with van der Waals surface area (Å²) in [6, 6.07) is 27.0. The molecule has 0 saturated carbocycles. The Kier molecular flexibility index (Phi) is 5.69. The summed E-state index contributed by atoms with van der Waals surface area (Å²) in [4.78, 5) is 0. The van der Waals surface area contributed by atoms with Crippen molar-refractivity contribution < 1.29 is 0 Å². The number of nitrogens with one attached hydrogen (secondary N) is 1. The van der Waals surface area contributed by atoms with E-state index in [1.165, 1.54) is 12.3 Å². The SMILES string of the molecule is N#C/C(=C\C=N/Nc1ccccc1)c1nn(-c2ccccc2)c(-n2cccc2)c1C#N. The fourth-order valence-electron chi connectivity index (χ4n) is 3.07. The lowest BCUT2D eigenvalue weighted by molar-refractivity contribution is 0.820. The minimum absolute atomic E-state index is 0.234. The molecule has 2 heterocycles. The van der Waals surface area contributed by atoms with Gasteiger partial charge in [-0.15, -0.1) is 0 Å². The quantitative estimate of drug-likeness (QED) is 0.290. The van der Waals surface area contributed by atoms with Gasteiger partial charge < -0.3 is 4.57 Å². The van der Waals surface area contributed by atoms with Gasteiger partial charge in [0.2, 0.25) is 0 Å². The maximum atomic E-state index is 9.92. The first-order chi connectivity index (χ1) is 15.3. The van der Waals surface area contributed by atoms with Crippen LogP contribution < -0.4 is 5.43 Å². The molecule has 1 N–H and O–H groups in total. The van der Waals surface area contributed by atoms with Gasteiger partial charge in [-0.3, -0.25) is 5.43 Å². The fraction of sp³-hybridized carbons (Fsp3) is 0. The molecule has 4 rings (SSSR count). The maximum absolute atomic E-state index is 9.92. The number of hydrogen-bond donors (Lipinski definition) is 1. The monoisotopic (exact) mass is 403 g/mol. The van der Waals surface area contributed by atoms with Crippen molar-refractivity contribution in [1.29, 1.82) is 10.5 Å². The minimum Gasteiger partial charge on any atom is -0.307 e. The number of anilines is 1. The van der Waals surface area contributed by atoms with E-state index in [9.17, 15) is 10.5 Å². The third kappa shape index (κ3) is 4.12. The normalized spacial score (nSPS) is 11.2. The summed E-state index contributed by atoms with van der Waals surface area (Å²) in [7, 11) is 0. The lowest BCUT2D eigenvalue weighted by atomic mass is 10.1. The van der Waals surface area contributed by atoms with Gasteiger partial charge >= 0.3 is 0 Å². The summed E-state index contributed by atoms with van der Waals surface area (Å²) < 4.78 is 3.47. The number of nitrogens with zero attached hydrogens (tertiary/aromatic N) is 6. The van der Waals surface area contributed by atoms with Gasteiger partial charge in [0.05, 0.1) is 16.9 Å². The van der Waals surface area contributed by atoms with Crippen molar-refractivity contribution in [3.8, 4) is 23.6 Å². The van der Waals surface area contributed by atoms with Crippen molar-refractivity contribution in [2.45, 2.75) is 0 Å². The van der Waals surface area contributed by atoms with Crippen LogP contribution in [0.2, 0.25) is 0 Å². The number of nitriles is 2. The third-order valence-corrected chi connectivity index (χ3v) is 4.48. The standard InChI is InChI=1S/C24H17N7/c25-17-19(13-14-27-28-20-9-3-1-4-10-20)23-22(18-26)24(30-15-7-8-16-30)31(29-23)21-11-5-2-6-12-21/h1-16,28H/b19-13+,27-14-. The van der Waals surface area contributed by atoms with Crippen molar-refractivity contribution in [3.63, 3.8) is 0 Å². The fourth-order valence-corrected chi connectivity index (χ4v) is 3.07. The van der Waals surface area contributed by atoms with Gasteiger partial charge in [0, 0.05) is 18.6 Å². The molecule has 0 amide bonds. The second kappa shape index (κ2) is 9.08. The second-order valence-electron chi connectivity index (χ2n) is 6.44. The molecule has 148 valence electrons. The summed E-state index contributed by atoms with van der Waals surface area (Å²) in [6.07, 6.45) is 6.68. The molecule has 0 aliphatic rings. The van der Waals surface area contributed by atoms with Crippen molar-refractivity contribution in [1.82, 2.24) is 14.3 Å². The zero-order valence-corrected chi connectivity index (χ0v) is 16.4. The lowest BCUT2D eigenvalue weighted by Crippen LogP contribution is -2.04. The predicted octanol–water partition coefficient (Wildman–Crippen LogP) is 4.54. The van der Waals surface area contributed by atoms with Crippen LogP contribution in [0.5, 0.6) is 0 Å². The van der Waals surface area contributed by atoms with Gasteiger partial charge in [0.15, 0.2) is 5.82 Å². The van der Waals surface area contributed by atoms with Gasteiger partial charge in [0.1, 0.15) is 23.4 Å². The van der Waals surface area contributed by atoms with Crippen LogP contribution in [0.3, 0.4) is 0 Å². The van der Waals surface area contributed by atoms with Crippen LogP contribution in [0.25, 0.3) is 17.1 Å². The van der Waals surface area contributed by atoms with Gasteiger partial charge in [-0.2, -0.15) is 20.7 Å². The molecule has 0 bridgehead atoms. The van der Waals surface area contributed by atoms with Crippen LogP contribution in [0.1, 0.15) is 11.3 Å². The molecule has 0 spiro atoms. The molecule has 7 nitrogen and oxygen atoms in total. The second-order valence-corrected chi connectivity index (χ2v) is 6.44. The Hall–Kier alpha value is -4.88. The first-order valence-electron chi connectivity index (χ1n) is 9.48. The molecule has 2 aromatic heterocycles. The molecule has 31 heavy (non-hydrogen) atoms. The lowest BCUT2D eigenvalue weighted by Gasteiger charge is -2.08. The smallest absolute Gasteiger partial charge is 0.159 e. The van der Waals surface area contributed by atoms with Crippen LogP contribution >= 0.6 is 0 Å². The molecular formula is C24H17N7. The minimum atomic E-state index is 0.234. The first kappa shape index (κ1) is 19.4. The summed E-state index contributed by atoms with van der Waals surface area (Å²) in [5, 5.41) is 28.4. The van der Waals surface area contributed by atoms with E-state index in [4.69, 9.17) is 0 Å². The highest BCUT2D eigenvalue weighted by atomic mass is 15.3. The number of benzene rings is 2. The van der Waals surface area contributed by atoms with E-state index in [0.717, 1.165) is 11.4 Å². The number of hydrogen-bond acceptors (Lipinski definition) is 5. The molecule has 0 aliphatic carbocycles. The summed E-state index contributed by atoms with van der Waals surface area (Å²) >= 11 is 0. The average molecular weight is 403 g/mol. The maximum Gasteiger partial charge on any atom is 0.159 e. The van der Waals surface area contributed by atoms with E-state index in [2.05, 4.69) is 27.8 Å². The molecule has 0 saturated heterocycles. The van der Waals surface area contributed by atoms with Crippen LogP contribution in [0, 0.1) is 22.7 Å². The van der Waals surface area contributed by atoms with E-state index in [-0.39, 0.29) is 5.57 Å². The highest BCUT2D eigenvalue weighted by molar-refractivity contribution is 5.91. The highest BCUT2D eigenvalue weighted by Gasteiger charge is 2.22. The molecule has 0 fully saturated rings. The Morgan fingerprint density at radius 3 is 2.26 bits per heavy atom. The van der Waals surface area contributed by atoms with Crippen molar-refractivity contribution in [2.75, 3.05) is 5.43 Å². The van der Waals surface area contributed by atoms with Crippen LogP contribution in [-0.4, -0.2) is 20.6 Å². The van der Waals surface area contributed by atoms with E-state index in [1.54, 1.807) is 4.68 Å². The average Bonchev–Trinajstić information content (AvgIpc) is 3.48. The molecule has 0 radical (unpaired) electrons. The Morgan fingerprint density at radius 2 is 1.61 bits per heavy atom. The van der Waals surface area contributed by atoms with Crippen LogP contribution in [0.15, 0.2) is 96.4 Å². The van der Waals surface area contributed by atoms with Crippen molar-refractivity contribution in [2.24, 2.45) is 5.10 Å². The number of aromatic nitrogens is 3. The van der Waals surface area contributed by atoms with Crippen LogP contribution in [-0.2, 0) is 0 Å². The van der Waals surface area contributed by atoms with E-state index >= 15 is 0 Å². The highest BCUT2D eigenvalue weighted by Crippen LogP contribution is 2.26. The zero-order chi connectivity index (χ0) is 21.5. The third-order valence-electron chi connectivity index (χ3n) is 4.48.